The fourth-order valence-electron chi connectivity index (χ4n) is 2.31. The molecule has 3 N–H and O–H groups in total. The van der Waals surface area contributed by atoms with Gasteiger partial charge in [-0.3, -0.25) is 4.79 Å². The summed E-state index contributed by atoms with van der Waals surface area (Å²) in [6, 6.07) is 15.2. The molecule has 1 aromatic heterocycles. The summed E-state index contributed by atoms with van der Waals surface area (Å²) < 4.78 is 0. The van der Waals surface area contributed by atoms with E-state index in [0.717, 1.165) is 16.6 Å². The summed E-state index contributed by atoms with van der Waals surface area (Å²) in [5.74, 6) is 0.410. The van der Waals surface area contributed by atoms with Crippen molar-refractivity contribution in [2.45, 2.75) is 6.92 Å². The second-order valence-electron chi connectivity index (χ2n) is 4.66. The number of hydrogen-bond acceptors (Lipinski definition) is 2. The molecule has 0 fully saturated rings. The van der Waals surface area contributed by atoms with E-state index >= 15 is 0 Å². The molecule has 0 amide bonds. The topological polar surface area (TPSA) is 58.9 Å². The summed E-state index contributed by atoms with van der Waals surface area (Å²) in [5.41, 5.74) is 9.18. The van der Waals surface area contributed by atoms with E-state index in [9.17, 15) is 4.79 Å². The summed E-state index contributed by atoms with van der Waals surface area (Å²) >= 11 is 0. The second kappa shape index (κ2) is 4.28. The zero-order valence-electron chi connectivity index (χ0n) is 10.6. The molecule has 0 aliphatic carbocycles. The van der Waals surface area contributed by atoms with Crippen LogP contribution < -0.4 is 11.2 Å². The van der Waals surface area contributed by atoms with Gasteiger partial charge in [0.25, 0.3) is 0 Å². The van der Waals surface area contributed by atoms with Crippen LogP contribution in [-0.4, -0.2) is 4.98 Å². The van der Waals surface area contributed by atoms with Gasteiger partial charge in [-0.25, -0.2) is 0 Å². The number of benzene rings is 2. The molecular weight excluding hydrogens is 236 g/mol. The molecule has 3 aromatic rings. The van der Waals surface area contributed by atoms with Gasteiger partial charge in [-0.2, -0.15) is 0 Å². The number of aromatic nitrogens is 1. The Morgan fingerprint density at radius 1 is 1.05 bits per heavy atom. The molecule has 94 valence electrons. The lowest BCUT2D eigenvalue weighted by atomic mass is 10.0. The summed E-state index contributed by atoms with van der Waals surface area (Å²) in [7, 11) is 0. The molecule has 0 unspecified atom stereocenters. The lowest BCUT2D eigenvalue weighted by molar-refractivity contribution is 1.37. The normalized spacial score (nSPS) is 10.8. The Bertz CT molecular complexity index is 804. The number of nitrogens with one attached hydrogen (secondary N) is 1. The van der Waals surface area contributed by atoms with Crippen molar-refractivity contribution in [3.63, 3.8) is 0 Å². The monoisotopic (exact) mass is 250 g/mol. The SMILES string of the molecule is Cc1ccc2[nH]c(N)c(-c3ccccc3)c(=O)c2c1. The highest BCUT2D eigenvalue weighted by Gasteiger charge is 2.11. The molecule has 2 aromatic carbocycles. The van der Waals surface area contributed by atoms with Crippen LogP contribution in [0.15, 0.2) is 53.3 Å². The van der Waals surface area contributed by atoms with E-state index in [4.69, 9.17) is 5.73 Å². The number of nitrogen functional groups attached to an aromatic ring is 1. The van der Waals surface area contributed by atoms with Gasteiger partial charge in [0.05, 0.1) is 11.1 Å². The number of fused-ring (bicyclic) bond motifs is 1. The van der Waals surface area contributed by atoms with E-state index in [2.05, 4.69) is 4.98 Å². The van der Waals surface area contributed by atoms with Crippen LogP contribution in [0.2, 0.25) is 0 Å². The third kappa shape index (κ3) is 1.89. The predicted octanol–water partition coefficient (Wildman–Crippen LogP) is 3.09. The molecule has 0 atom stereocenters. The molecule has 1 heterocycles. The van der Waals surface area contributed by atoms with Gasteiger partial charge in [-0.15, -0.1) is 0 Å². The molecule has 3 rings (SSSR count). The minimum Gasteiger partial charge on any atom is -0.385 e. The largest absolute Gasteiger partial charge is 0.385 e. The van der Waals surface area contributed by atoms with Crippen LogP contribution in [0.25, 0.3) is 22.0 Å². The molecule has 0 saturated carbocycles. The van der Waals surface area contributed by atoms with Gasteiger partial charge in [0, 0.05) is 5.39 Å². The fourth-order valence-corrected chi connectivity index (χ4v) is 2.31. The van der Waals surface area contributed by atoms with Crippen molar-refractivity contribution in [3.05, 3.63) is 64.3 Å². The van der Waals surface area contributed by atoms with Gasteiger partial charge in [-0.05, 0) is 24.6 Å². The van der Waals surface area contributed by atoms with Crippen molar-refractivity contribution in [1.29, 1.82) is 0 Å². The van der Waals surface area contributed by atoms with Gasteiger partial charge in [0.1, 0.15) is 5.82 Å². The van der Waals surface area contributed by atoms with E-state index in [1.54, 1.807) is 0 Å². The Labute approximate surface area is 110 Å². The van der Waals surface area contributed by atoms with Gasteiger partial charge in [-0.1, -0.05) is 42.0 Å². The number of aryl methyl sites for hydroxylation is 1. The first-order valence-corrected chi connectivity index (χ1v) is 6.14. The third-order valence-corrected chi connectivity index (χ3v) is 3.25. The lowest BCUT2D eigenvalue weighted by Crippen LogP contribution is -2.11. The molecule has 19 heavy (non-hydrogen) atoms. The first-order chi connectivity index (χ1) is 9.16. The average Bonchev–Trinajstić information content (AvgIpc) is 2.41. The number of rotatable bonds is 1. The van der Waals surface area contributed by atoms with E-state index in [0.29, 0.717) is 16.8 Å². The Balaban J connectivity index is 2.41. The molecule has 0 radical (unpaired) electrons. The molecule has 0 saturated heterocycles. The van der Waals surface area contributed by atoms with Crippen LogP contribution in [0.4, 0.5) is 5.82 Å². The predicted molar refractivity (Wildman–Crippen MR) is 79.2 cm³/mol. The summed E-state index contributed by atoms with van der Waals surface area (Å²) in [4.78, 5) is 15.7. The lowest BCUT2D eigenvalue weighted by Gasteiger charge is -2.08. The highest BCUT2D eigenvalue weighted by atomic mass is 16.1. The number of aromatic amines is 1. The van der Waals surface area contributed by atoms with E-state index < -0.39 is 0 Å². The van der Waals surface area contributed by atoms with E-state index in [-0.39, 0.29) is 5.43 Å². The minimum atomic E-state index is -0.0267. The van der Waals surface area contributed by atoms with Gasteiger partial charge in [0.2, 0.25) is 0 Å². The average molecular weight is 250 g/mol. The molecule has 0 spiro atoms. The Morgan fingerprint density at radius 3 is 2.53 bits per heavy atom. The van der Waals surface area contributed by atoms with Gasteiger partial charge >= 0.3 is 0 Å². The van der Waals surface area contributed by atoms with Crippen LogP contribution >= 0.6 is 0 Å². The van der Waals surface area contributed by atoms with Crippen molar-refractivity contribution < 1.29 is 0 Å². The van der Waals surface area contributed by atoms with Crippen LogP contribution in [0.1, 0.15) is 5.56 Å². The number of H-pyrrole nitrogens is 1. The molecular formula is C16H14N2O. The molecule has 0 aliphatic rings. The molecule has 0 bridgehead atoms. The first kappa shape index (κ1) is 11.5. The smallest absolute Gasteiger partial charge is 0.199 e. The highest BCUT2D eigenvalue weighted by molar-refractivity contribution is 5.88. The van der Waals surface area contributed by atoms with Crippen LogP contribution in [-0.2, 0) is 0 Å². The maximum atomic E-state index is 12.6. The van der Waals surface area contributed by atoms with Gasteiger partial charge < -0.3 is 10.7 Å². The Kier molecular flexibility index (Phi) is 2.60. The molecule has 0 aliphatic heterocycles. The highest BCUT2D eigenvalue weighted by Crippen LogP contribution is 2.23. The van der Waals surface area contributed by atoms with Crippen LogP contribution in [0.3, 0.4) is 0 Å². The van der Waals surface area contributed by atoms with Crippen molar-refractivity contribution in [3.8, 4) is 11.1 Å². The van der Waals surface area contributed by atoms with Crippen molar-refractivity contribution >= 4 is 16.7 Å². The number of anilines is 1. The Morgan fingerprint density at radius 2 is 1.79 bits per heavy atom. The number of pyridine rings is 1. The molecule has 3 heteroatoms. The first-order valence-electron chi connectivity index (χ1n) is 6.14. The quantitative estimate of drug-likeness (QED) is 0.697. The molecule has 3 nitrogen and oxygen atoms in total. The van der Waals surface area contributed by atoms with Crippen LogP contribution in [0, 0.1) is 6.92 Å². The number of nitrogens with two attached hydrogens (primary N) is 1. The minimum absolute atomic E-state index is 0.0267. The standard InChI is InChI=1S/C16H14N2O/c1-10-7-8-13-12(9-10)15(19)14(16(17)18-13)11-5-3-2-4-6-11/h2-9H,1H3,(H3,17,18,19). The summed E-state index contributed by atoms with van der Waals surface area (Å²) in [6.45, 7) is 1.97. The van der Waals surface area contributed by atoms with Crippen molar-refractivity contribution in [2.75, 3.05) is 5.73 Å². The van der Waals surface area contributed by atoms with Gasteiger partial charge in [0.15, 0.2) is 5.43 Å². The zero-order valence-corrected chi connectivity index (χ0v) is 10.6. The van der Waals surface area contributed by atoms with Crippen LogP contribution in [0.5, 0.6) is 0 Å². The van der Waals surface area contributed by atoms with Crippen molar-refractivity contribution in [2.24, 2.45) is 0 Å². The summed E-state index contributed by atoms with van der Waals surface area (Å²) in [5, 5.41) is 0.674. The van der Waals surface area contributed by atoms with E-state index in [1.807, 2.05) is 55.5 Å². The summed E-state index contributed by atoms with van der Waals surface area (Å²) in [6.07, 6.45) is 0. The number of hydrogen-bond donors (Lipinski definition) is 2. The zero-order chi connectivity index (χ0) is 13.4. The van der Waals surface area contributed by atoms with Crippen molar-refractivity contribution in [1.82, 2.24) is 4.98 Å². The third-order valence-electron chi connectivity index (χ3n) is 3.25. The Hall–Kier alpha value is -2.55. The maximum Gasteiger partial charge on any atom is 0.199 e. The second-order valence-corrected chi connectivity index (χ2v) is 4.66. The fraction of sp³-hybridized carbons (Fsp3) is 0.0625. The van der Waals surface area contributed by atoms with E-state index in [1.165, 1.54) is 0 Å². The maximum absolute atomic E-state index is 12.6.